The molecular weight excluding hydrogens is 321 g/mol. The molecule has 0 aromatic heterocycles. The number of alkyl halides is 3. The van der Waals surface area contributed by atoms with Crippen LogP contribution in [0, 0.1) is 11.3 Å². The Balaban J connectivity index is 2.04. The second-order valence-corrected chi connectivity index (χ2v) is 5.56. The molecule has 1 aliphatic rings. The first-order chi connectivity index (χ1) is 11.3. The fourth-order valence-corrected chi connectivity index (χ4v) is 2.68. The molecule has 5 nitrogen and oxygen atoms in total. The maximum absolute atomic E-state index is 12.7. The average Bonchev–Trinajstić information content (AvgIpc) is 2.54. The highest BCUT2D eigenvalue weighted by atomic mass is 19.4. The lowest BCUT2D eigenvalue weighted by molar-refractivity contribution is -0.137. The van der Waals surface area contributed by atoms with Crippen molar-refractivity contribution in [2.45, 2.75) is 13.1 Å². The van der Waals surface area contributed by atoms with Crippen LogP contribution in [0.2, 0.25) is 0 Å². The van der Waals surface area contributed by atoms with Crippen molar-refractivity contribution in [3.63, 3.8) is 0 Å². The first kappa shape index (κ1) is 18.1. The van der Waals surface area contributed by atoms with Gasteiger partial charge >= 0.3 is 6.18 Å². The van der Waals surface area contributed by atoms with Crippen LogP contribution in [-0.4, -0.2) is 50.1 Å². The molecule has 0 radical (unpaired) electrons. The molecule has 0 atom stereocenters. The van der Waals surface area contributed by atoms with Gasteiger partial charge < -0.3 is 10.2 Å². The number of hydrogen-bond acceptors (Lipinski definition) is 4. The minimum atomic E-state index is -4.46. The number of nitriles is 1. The summed E-state index contributed by atoms with van der Waals surface area (Å²) >= 11 is 0. The Morgan fingerprint density at radius 3 is 2.50 bits per heavy atom. The monoisotopic (exact) mass is 340 g/mol. The number of amides is 1. The molecule has 0 saturated carbocycles. The highest BCUT2D eigenvalue weighted by Gasteiger charge is 2.31. The summed E-state index contributed by atoms with van der Waals surface area (Å²) in [6.45, 7) is 5.07. The van der Waals surface area contributed by atoms with Gasteiger partial charge in [0.1, 0.15) is 6.07 Å². The zero-order valence-electron chi connectivity index (χ0n) is 13.4. The molecule has 2 rings (SSSR count). The van der Waals surface area contributed by atoms with Crippen molar-refractivity contribution in [1.82, 2.24) is 10.2 Å². The topological polar surface area (TPSA) is 59.4 Å². The van der Waals surface area contributed by atoms with Gasteiger partial charge in [0.2, 0.25) is 5.91 Å². The van der Waals surface area contributed by atoms with E-state index >= 15 is 0 Å². The number of nitrogens with zero attached hydrogens (tertiary/aromatic N) is 3. The van der Waals surface area contributed by atoms with E-state index in [1.807, 2.05) is 22.8 Å². The molecule has 24 heavy (non-hydrogen) atoms. The summed E-state index contributed by atoms with van der Waals surface area (Å²) in [6, 6.07) is 5.08. The summed E-state index contributed by atoms with van der Waals surface area (Å²) in [5.74, 6) is -0.0433. The lowest BCUT2D eigenvalue weighted by Gasteiger charge is -2.36. The van der Waals surface area contributed by atoms with Crippen LogP contribution < -0.4 is 10.2 Å². The smallest absolute Gasteiger partial charge is 0.368 e. The molecule has 1 aromatic carbocycles. The number of carbonyl (C=O) groups excluding carboxylic acids is 1. The molecule has 1 aliphatic heterocycles. The van der Waals surface area contributed by atoms with E-state index in [-0.39, 0.29) is 11.5 Å². The molecule has 1 fully saturated rings. The molecule has 8 heteroatoms. The maximum Gasteiger partial charge on any atom is 0.416 e. The van der Waals surface area contributed by atoms with E-state index < -0.39 is 11.7 Å². The van der Waals surface area contributed by atoms with Gasteiger partial charge in [0.05, 0.1) is 23.4 Å². The van der Waals surface area contributed by atoms with Crippen molar-refractivity contribution in [2.75, 3.05) is 44.2 Å². The SMILES string of the molecule is CCNC(=O)CN1CCN(c2ccc(C(F)(F)F)cc2C#N)CC1. The molecule has 1 amide bonds. The van der Waals surface area contributed by atoms with Gasteiger partial charge in [-0.25, -0.2) is 0 Å². The molecule has 0 unspecified atom stereocenters. The van der Waals surface area contributed by atoms with Gasteiger partial charge in [-0.1, -0.05) is 0 Å². The minimum absolute atomic E-state index is 0.0157. The van der Waals surface area contributed by atoms with Crippen molar-refractivity contribution in [3.05, 3.63) is 29.3 Å². The maximum atomic E-state index is 12.7. The molecular formula is C16H19F3N4O. The first-order valence-corrected chi connectivity index (χ1v) is 7.70. The van der Waals surface area contributed by atoms with E-state index in [0.717, 1.165) is 12.1 Å². The molecule has 1 aromatic rings. The van der Waals surface area contributed by atoms with Crippen LogP contribution >= 0.6 is 0 Å². The van der Waals surface area contributed by atoms with Gasteiger partial charge in [-0.3, -0.25) is 9.69 Å². The standard InChI is InChI=1S/C16H19F3N4O/c1-2-21-15(24)11-22-5-7-23(8-6-22)14-4-3-13(16(17,18)19)9-12(14)10-20/h3-4,9H,2,5-8,11H2,1H3,(H,21,24). The fraction of sp³-hybridized carbons (Fsp3) is 0.500. The number of halogens is 3. The second kappa shape index (κ2) is 7.53. The fourth-order valence-electron chi connectivity index (χ4n) is 2.68. The summed E-state index contributed by atoms with van der Waals surface area (Å²) in [5, 5.41) is 11.9. The van der Waals surface area contributed by atoms with E-state index in [4.69, 9.17) is 5.26 Å². The number of carbonyl (C=O) groups is 1. The van der Waals surface area contributed by atoms with Gasteiger partial charge in [0.25, 0.3) is 0 Å². The average molecular weight is 340 g/mol. The van der Waals surface area contributed by atoms with Crippen molar-refractivity contribution < 1.29 is 18.0 Å². The molecule has 1 heterocycles. The van der Waals surface area contributed by atoms with Gasteiger partial charge in [0, 0.05) is 32.7 Å². The van der Waals surface area contributed by atoms with Crippen LogP contribution in [0.4, 0.5) is 18.9 Å². The summed E-state index contributed by atoms with van der Waals surface area (Å²) in [4.78, 5) is 15.4. The Bertz CT molecular complexity index is 631. The predicted molar refractivity (Wildman–Crippen MR) is 83.5 cm³/mol. The van der Waals surface area contributed by atoms with Crippen LogP contribution in [-0.2, 0) is 11.0 Å². The van der Waals surface area contributed by atoms with Gasteiger partial charge in [-0.2, -0.15) is 18.4 Å². The Kier molecular flexibility index (Phi) is 5.67. The normalized spacial score (nSPS) is 15.9. The number of nitrogens with one attached hydrogen (secondary N) is 1. The number of likely N-dealkylation sites (N-methyl/N-ethyl adjacent to an activating group) is 1. The number of benzene rings is 1. The highest BCUT2D eigenvalue weighted by Crippen LogP contribution is 2.32. The molecule has 0 aliphatic carbocycles. The molecule has 130 valence electrons. The van der Waals surface area contributed by atoms with Crippen LogP contribution in [0.25, 0.3) is 0 Å². The molecule has 1 N–H and O–H groups in total. The van der Waals surface area contributed by atoms with Crippen LogP contribution in [0.15, 0.2) is 18.2 Å². The predicted octanol–water partition coefficient (Wildman–Crippen LogP) is 1.84. The van der Waals surface area contributed by atoms with E-state index in [9.17, 15) is 18.0 Å². The summed E-state index contributed by atoms with van der Waals surface area (Å²) in [5.41, 5.74) is -0.303. The van der Waals surface area contributed by atoms with Crippen molar-refractivity contribution >= 4 is 11.6 Å². The van der Waals surface area contributed by atoms with Gasteiger partial charge in [-0.05, 0) is 25.1 Å². The number of piperazine rings is 1. The van der Waals surface area contributed by atoms with E-state index in [1.165, 1.54) is 6.07 Å². The van der Waals surface area contributed by atoms with Crippen LogP contribution in [0.3, 0.4) is 0 Å². The lowest BCUT2D eigenvalue weighted by atomic mass is 10.1. The van der Waals surface area contributed by atoms with E-state index in [0.29, 0.717) is 45.0 Å². The second-order valence-electron chi connectivity index (χ2n) is 5.56. The quantitative estimate of drug-likeness (QED) is 0.909. The third-order valence-electron chi connectivity index (χ3n) is 3.90. The number of rotatable bonds is 4. The zero-order chi connectivity index (χ0) is 17.7. The number of hydrogen-bond donors (Lipinski definition) is 1. The molecule has 0 bridgehead atoms. The van der Waals surface area contributed by atoms with E-state index in [2.05, 4.69) is 5.32 Å². The summed E-state index contributed by atoms with van der Waals surface area (Å²) in [6.07, 6.45) is -4.46. The third kappa shape index (κ3) is 4.38. The van der Waals surface area contributed by atoms with Crippen LogP contribution in [0.1, 0.15) is 18.1 Å². The summed E-state index contributed by atoms with van der Waals surface area (Å²) < 4.78 is 38.2. The Hall–Kier alpha value is -2.27. The van der Waals surface area contributed by atoms with Gasteiger partial charge in [0.15, 0.2) is 0 Å². The zero-order valence-corrected chi connectivity index (χ0v) is 13.4. The summed E-state index contributed by atoms with van der Waals surface area (Å²) in [7, 11) is 0. The minimum Gasteiger partial charge on any atom is -0.368 e. The molecule has 1 saturated heterocycles. The Morgan fingerprint density at radius 1 is 1.29 bits per heavy atom. The van der Waals surface area contributed by atoms with Crippen LogP contribution in [0.5, 0.6) is 0 Å². The van der Waals surface area contributed by atoms with Crippen molar-refractivity contribution in [1.29, 1.82) is 5.26 Å². The van der Waals surface area contributed by atoms with Crippen molar-refractivity contribution in [2.24, 2.45) is 0 Å². The lowest BCUT2D eigenvalue weighted by Crippen LogP contribution is -2.49. The number of anilines is 1. The Morgan fingerprint density at radius 2 is 1.96 bits per heavy atom. The largest absolute Gasteiger partial charge is 0.416 e. The third-order valence-corrected chi connectivity index (χ3v) is 3.90. The van der Waals surface area contributed by atoms with Gasteiger partial charge in [-0.15, -0.1) is 0 Å². The highest BCUT2D eigenvalue weighted by molar-refractivity contribution is 5.78. The molecule has 0 spiro atoms. The van der Waals surface area contributed by atoms with E-state index in [1.54, 1.807) is 0 Å². The van der Waals surface area contributed by atoms with Crippen molar-refractivity contribution in [3.8, 4) is 6.07 Å². The Labute approximate surface area is 138 Å². The first-order valence-electron chi connectivity index (χ1n) is 7.70.